The second kappa shape index (κ2) is 5.61. The van der Waals surface area contributed by atoms with E-state index in [4.69, 9.17) is 0 Å². The van der Waals surface area contributed by atoms with Gasteiger partial charge in [-0.05, 0) is 19.8 Å². The number of carbonyl (C=O) groups excluding carboxylic acids is 2. The second-order valence-electron chi connectivity index (χ2n) is 4.28. The number of aromatic amines is 1. The molecule has 7 heteroatoms. The molecule has 98 valence electrons. The Morgan fingerprint density at radius 2 is 2.17 bits per heavy atom. The first-order valence-corrected chi connectivity index (χ1v) is 6.18. The Kier molecular flexibility index (Phi) is 3.91. The van der Waals surface area contributed by atoms with Gasteiger partial charge >= 0.3 is 0 Å². The van der Waals surface area contributed by atoms with Gasteiger partial charge in [0.15, 0.2) is 0 Å². The van der Waals surface area contributed by atoms with Crippen molar-refractivity contribution in [1.82, 2.24) is 25.8 Å². The molecule has 0 radical (unpaired) electrons. The summed E-state index contributed by atoms with van der Waals surface area (Å²) < 4.78 is 0. The molecule has 1 fully saturated rings. The van der Waals surface area contributed by atoms with Crippen LogP contribution in [0.15, 0.2) is 0 Å². The molecule has 2 amide bonds. The second-order valence-corrected chi connectivity index (χ2v) is 4.28. The van der Waals surface area contributed by atoms with Crippen molar-refractivity contribution in [3.63, 3.8) is 0 Å². The van der Waals surface area contributed by atoms with Crippen LogP contribution in [0.5, 0.6) is 0 Å². The Labute approximate surface area is 105 Å². The van der Waals surface area contributed by atoms with Crippen LogP contribution in [0.4, 0.5) is 0 Å². The van der Waals surface area contributed by atoms with Crippen LogP contribution in [0.2, 0.25) is 0 Å². The minimum absolute atomic E-state index is 0.0774. The van der Waals surface area contributed by atoms with Gasteiger partial charge in [0, 0.05) is 25.4 Å². The van der Waals surface area contributed by atoms with Gasteiger partial charge in [0.1, 0.15) is 5.82 Å². The molecular weight excluding hydrogens is 234 g/mol. The molecule has 0 atom stereocenters. The van der Waals surface area contributed by atoms with Crippen molar-refractivity contribution in [3.8, 4) is 0 Å². The largest absolute Gasteiger partial charge is 0.356 e. The summed E-state index contributed by atoms with van der Waals surface area (Å²) in [6.45, 7) is 2.74. The zero-order valence-corrected chi connectivity index (χ0v) is 10.3. The average molecular weight is 251 g/mol. The van der Waals surface area contributed by atoms with E-state index in [2.05, 4.69) is 25.8 Å². The van der Waals surface area contributed by atoms with E-state index in [1.165, 1.54) is 0 Å². The molecule has 1 heterocycles. The minimum atomic E-state index is -0.345. The van der Waals surface area contributed by atoms with E-state index in [0.717, 1.165) is 18.7 Å². The Balaban J connectivity index is 1.74. The fourth-order valence-corrected chi connectivity index (χ4v) is 1.57. The van der Waals surface area contributed by atoms with Crippen LogP contribution in [-0.4, -0.2) is 40.1 Å². The molecule has 0 aliphatic heterocycles. The summed E-state index contributed by atoms with van der Waals surface area (Å²) in [5, 5.41) is 11.9. The molecule has 0 saturated heterocycles. The molecule has 7 nitrogen and oxygen atoms in total. The lowest BCUT2D eigenvalue weighted by Gasteiger charge is -2.02. The summed E-state index contributed by atoms with van der Waals surface area (Å²) in [6.07, 6.45) is 2.47. The number of hydrogen-bond acceptors (Lipinski definition) is 4. The molecule has 1 aliphatic carbocycles. The highest BCUT2D eigenvalue weighted by molar-refractivity contribution is 5.90. The number of carbonyl (C=O) groups is 2. The maximum absolute atomic E-state index is 11.7. The number of aromatic nitrogens is 3. The third kappa shape index (κ3) is 3.28. The first-order valence-electron chi connectivity index (χ1n) is 6.18. The molecule has 2 rings (SSSR count). The van der Waals surface area contributed by atoms with Crippen molar-refractivity contribution in [2.24, 2.45) is 0 Å². The standard InChI is InChI=1S/C11H17N5O2/c1-2-12-8(17)5-6-13-11(18)10-14-9(15-16-10)7-3-4-7/h7H,2-6H2,1H3,(H,12,17)(H,13,18)(H,14,15,16). The van der Waals surface area contributed by atoms with E-state index in [0.29, 0.717) is 12.5 Å². The normalized spacial score (nSPS) is 14.3. The van der Waals surface area contributed by atoms with Gasteiger partial charge in [-0.15, -0.1) is 5.10 Å². The first kappa shape index (κ1) is 12.5. The third-order valence-electron chi connectivity index (χ3n) is 2.68. The van der Waals surface area contributed by atoms with Crippen LogP contribution in [0.1, 0.15) is 48.5 Å². The Morgan fingerprint density at radius 1 is 1.39 bits per heavy atom. The van der Waals surface area contributed by atoms with Crippen LogP contribution in [0.3, 0.4) is 0 Å². The number of amides is 2. The molecule has 0 bridgehead atoms. The lowest BCUT2D eigenvalue weighted by atomic mass is 10.4. The van der Waals surface area contributed by atoms with Gasteiger partial charge in [0.05, 0.1) is 0 Å². The van der Waals surface area contributed by atoms with Crippen molar-refractivity contribution < 1.29 is 9.59 Å². The van der Waals surface area contributed by atoms with Gasteiger partial charge in [-0.25, -0.2) is 4.98 Å². The van der Waals surface area contributed by atoms with E-state index in [9.17, 15) is 9.59 Å². The highest BCUT2D eigenvalue weighted by Crippen LogP contribution is 2.37. The van der Waals surface area contributed by atoms with Gasteiger partial charge in [0.2, 0.25) is 11.7 Å². The van der Waals surface area contributed by atoms with Crippen molar-refractivity contribution in [3.05, 3.63) is 11.6 Å². The van der Waals surface area contributed by atoms with Crippen LogP contribution < -0.4 is 10.6 Å². The summed E-state index contributed by atoms with van der Waals surface area (Å²) in [7, 11) is 0. The van der Waals surface area contributed by atoms with Crippen LogP contribution in [0, 0.1) is 0 Å². The van der Waals surface area contributed by atoms with E-state index >= 15 is 0 Å². The average Bonchev–Trinajstić information content (AvgIpc) is 3.07. The molecular formula is C11H17N5O2. The summed E-state index contributed by atoms with van der Waals surface area (Å²) in [4.78, 5) is 26.9. The molecule has 1 saturated carbocycles. The quantitative estimate of drug-likeness (QED) is 0.659. The van der Waals surface area contributed by atoms with E-state index in [1.807, 2.05) is 6.92 Å². The van der Waals surface area contributed by atoms with Gasteiger partial charge in [-0.1, -0.05) is 0 Å². The summed E-state index contributed by atoms with van der Waals surface area (Å²) in [5.41, 5.74) is 0. The molecule has 1 aliphatic rings. The van der Waals surface area contributed by atoms with Crippen LogP contribution in [-0.2, 0) is 4.79 Å². The topological polar surface area (TPSA) is 99.8 Å². The maximum Gasteiger partial charge on any atom is 0.290 e. The summed E-state index contributed by atoms with van der Waals surface area (Å²) in [6, 6.07) is 0. The summed E-state index contributed by atoms with van der Waals surface area (Å²) >= 11 is 0. The predicted octanol–water partition coefficient (Wildman–Crippen LogP) is -0.0619. The lowest BCUT2D eigenvalue weighted by molar-refractivity contribution is -0.120. The van der Waals surface area contributed by atoms with Crippen LogP contribution in [0.25, 0.3) is 0 Å². The zero-order valence-electron chi connectivity index (χ0n) is 10.3. The SMILES string of the molecule is CCNC(=O)CCNC(=O)c1n[nH]c(C2CC2)n1. The van der Waals surface area contributed by atoms with Crippen molar-refractivity contribution in [2.75, 3.05) is 13.1 Å². The molecule has 18 heavy (non-hydrogen) atoms. The third-order valence-corrected chi connectivity index (χ3v) is 2.68. The van der Waals surface area contributed by atoms with Crippen LogP contribution >= 0.6 is 0 Å². The minimum Gasteiger partial charge on any atom is -0.356 e. The van der Waals surface area contributed by atoms with E-state index < -0.39 is 0 Å². The number of hydrogen-bond donors (Lipinski definition) is 3. The molecule has 0 unspecified atom stereocenters. The molecule has 0 aromatic carbocycles. The number of nitrogens with zero attached hydrogens (tertiary/aromatic N) is 2. The van der Waals surface area contributed by atoms with Gasteiger partial charge in [0.25, 0.3) is 5.91 Å². The Hall–Kier alpha value is -1.92. The molecule has 1 aromatic heterocycles. The Bertz CT molecular complexity index is 438. The highest BCUT2D eigenvalue weighted by atomic mass is 16.2. The fraction of sp³-hybridized carbons (Fsp3) is 0.636. The van der Waals surface area contributed by atoms with Crippen molar-refractivity contribution in [1.29, 1.82) is 0 Å². The lowest BCUT2D eigenvalue weighted by Crippen LogP contribution is -2.31. The van der Waals surface area contributed by atoms with Gasteiger partial charge in [-0.2, -0.15) is 0 Å². The number of nitrogens with one attached hydrogen (secondary N) is 3. The number of rotatable bonds is 6. The zero-order chi connectivity index (χ0) is 13.0. The molecule has 3 N–H and O–H groups in total. The van der Waals surface area contributed by atoms with Crippen molar-refractivity contribution >= 4 is 11.8 Å². The fourth-order valence-electron chi connectivity index (χ4n) is 1.57. The van der Waals surface area contributed by atoms with Gasteiger partial charge in [-0.3, -0.25) is 14.7 Å². The maximum atomic E-state index is 11.7. The highest BCUT2D eigenvalue weighted by Gasteiger charge is 2.28. The van der Waals surface area contributed by atoms with E-state index in [1.54, 1.807) is 0 Å². The van der Waals surface area contributed by atoms with Crippen molar-refractivity contribution in [2.45, 2.75) is 32.1 Å². The van der Waals surface area contributed by atoms with E-state index in [-0.39, 0.29) is 30.6 Å². The van der Waals surface area contributed by atoms with Gasteiger partial charge < -0.3 is 10.6 Å². The Morgan fingerprint density at radius 3 is 2.83 bits per heavy atom. The smallest absolute Gasteiger partial charge is 0.290 e. The number of H-pyrrole nitrogens is 1. The molecule has 1 aromatic rings. The monoisotopic (exact) mass is 251 g/mol. The predicted molar refractivity (Wildman–Crippen MR) is 64.0 cm³/mol. The molecule has 0 spiro atoms. The first-order chi connectivity index (χ1) is 8.70. The summed E-state index contributed by atoms with van der Waals surface area (Å²) in [5.74, 6) is 0.944.